The van der Waals surface area contributed by atoms with Crippen LogP contribution in [0.3, 0.4) is 0 Å². The lowest BCUT2D eigenvalue weighted by molar-refractivity contribution is 0.0858. The number of hydrogen-bond donors (Lipinski definition) is 2. The lowest BCUT2D eigenvalue weighted by Gasteiger charge is -2.14. The lowest BCUT2D eigenvalue weighted by atomic mass is 10.1. The van der Waals surface area contributed by atoms with Crippen molar-refractivity contribution in [1.29, 1.82) is 0 Å². The van der Waals surface area contributed by atoms with Crippen molar-refractivity contribution >= 4 is 43.2 Å². The fourth-order valence-electron chi connectivity index (χ4n) is 3.75. The number of benzene rings is 2. The largest absolute Gasteiger partial charge is 0.376 e. The standard InChI is InChI=1S/C22H25N3O5S2/c1-14(2)25-19-10-9-16(12-20(19)31-22(25)27)32(28,29)24-18-8-4-3-7-17(18)21(26)23-13-15-6-5-11-30-15/h3-4,7-10,12,14-15,24H,5-6,11,13H2,1-2H3,(H,23,26)/t15-/m1/s1. The van der Waals surface area contributed by atoms with Crippen LogP contribution in [0.4, 0.5) is 5.69 Å². The molecule has 2 aromatic carbocycles. The maximum Gasteiger partial charge on any atom is 0.308 e. The zero-order chi connectivity index (χ0) is 22.9. The molecule has 4 rings (SSSR count). The monoisotopic (exact) mass is 475 g/mol. The number of para-hydroxylation sites is 1. The van der Waals surface area contributed by atoms with Gasteiger partial charge in [0.2, 0.25) is 0 Å². The van der Waals surface area contributed by atoms with E-state index in [0.717, 1.165) is 24.2 Å². The topological polar surface area (TPSA) is 107 Å². The van der Waals surface area contributed by atoms with Crippen molar-refractivity contribution in [1.82, 2.24) is 9.88 Å². The van der Waals surface area contributed by atoms with Crippen LogP contribution in [0.5, 0.6) is 0 Å². The summed E-state index contributed by atoms with van der Waals surface area (Å²) in [6.45, 7) is 4.88. The Bertz CT molecular complexity index is 1300. The maximum absolute atomic E-state index is 13.1. The number of fused-ring (bicyclic) bond motifs is 1. The van der Waals surface area contributed by atoms with E-state index in [1.165, 1.54) is 12.1 Å². The highest BCUT2D eigenvalue weighted by molar-refractivity contribution is 7.92. The average molecular weight is 476 g/mol. The number of hydrogen-bond acceptors (Lipinski definition) is 6. The first-order valence-corrected chi connectivity index (χ1v) is 12.7. The Hall–Kier alpha value is -2.69. The van der Waals surface area contributed by atoms with Crippen molar-refractivity contribution in [3.63, 3.8) is 0 Å². The normalized spacial score (nSPS) is 16.5. The van der Waals surface area contributed by atoms with Crippen LogP contribution in [0, 0.1) is 0 Å². The summed E-state index contributed by atoms with van der Waals surface area (Å²) in [7, 11) is -3.97. The molecule has 0 radical (unpaired) electrons. The number of nitrogens with zero attached hydrogens (tertiary/aromatic N) is 1. The summed E-state index contributed by atoms with van der Waals surface area (Å²) in [4.78, 5) is 24.8. The van der Waals surface area contributed by atoms with Gasteiger partial charge in [0.1, 0.15) is 0 Å². The minimum absolute atomic E-state index is 0.0140. The summed E-state index contributed by atoms with van der Waals surface area (Å²) in [5.41, 5.74) is 1.11. The first-order valence-electron chi connectivity index (χ1n) is 10.4. The number of rotatable bonds is 7. The second kappa shape index (κ2) is 9.05. The number of amides is 1. The van der Waals surface area contributed by atoms with Crippen LogP contribution < -0.4 is 14.9 Å². The summed E-state index contributed by atoms with van der Waals surface area (Å²) >= 11 is 1.01. The van der Waals surface area contributed by atoms with E-state index in [-0.39, 0.29) is 39.1 Å². The van der Waals surface area contributed by atoms with Crippen LogP contribution >= 0.6 is 11.3 Å². The first kappa shape index (κ1) is 22.5. The van der Waals surface area contributed by atoms with E-state index in [9.17, 15) is 18.0 Å². The molecule has 1 aromatic heterocycles. The molecule has 0 spiro atoms. The Labute approximate surface area is 190 Å². The van der Waals surface area contributed by atoms with Crippen LogP contribution in [-0.2, 0) is 14.8 Å². The molecule has 8 nitrogen and oxygen atoms in total. The Morgan fingerprint density at radius 1 is 1.25 bits per heavy atom. The Balaban J connectivity index is 1.58. The van der Waals surface area contributed by atoms with Crippen LogP contribution in [0.25, 0.3) is 10.2 Å². The summed E-state index contributed by atoms with van der Waals surface area (Å²) in [6.07, 6.45) is 1.85. The van der Waals surface area contributed by atoms with Gasteiger partial charge in [-0.15, -0.1) is 0 Å². The lowest BCUT2D eigenvalue weighted by Crippen LogP contribution is -2.32. The van der Waals surface area contributed by atoms with E-state index in [2.05, 4.69) is 10.0 Å². The summed E-state index contributed by atoms with van der Waals surface area (Å²) in [6, 6.07) is 11.0. The molecule has 2 N–H and O–H groups in total. The zero-order valence-corrected chi connectivity index (χ0v) is 19.5. The van der Waals surface area contributed by atoms with Gasteiger partial charge < -0.3 is 10.1 Å². The molecule has 0 unspecified atom stereocenters. The number of anilines is 1. The highest BCUT2D eigenvalue weighted by Gasteiger charge is 2.22. The number of thiazole rings is 1. The second-order valence-electron chi connectivity index (χ2n) is 7.96. The molecular weight excluding hydrogens is 450 g/mol. The second-order valence-corrected chi connectivity index (χ2v) is 10.6. The molecule has 0 aliphatic carbocycles. The number of aromatic nitrogens is 1. The van der Waals surface area contributed by atoms with Crippen molar-refractivity contribution in [2.75, 3.05) is 17.9 Å². The van der Waals surface area contributed by atoms with Gasteiger partial charge in [-0.2, -0.15) is 0 Å². The number of carbonyl (C=O) groups excluding carboxylic acids is 1. The zero-order valence-electron chi connectivity index (χ0n) is 17.8. The fraction of sp³-hybridized carbons (Fsp3) is 0.364. The molecule has 3 aromatic rings. The predicted molar refractivity (Wildman–Crippen MR) is 125 cm³/mol. The summed E-state index contributed by atoms with van der Waals surface area (Å²) < 4.78 is 36.4. The van der Waals surface area contributed by atoms with Crippen LogP contribution in [0.1, 0.15) is 43.1 Å². The summed E-state index contributed by atoms with van der Waals surface area (Å²) in [5.74, 6) is -0.374. The van der Waals surface area contributed by atoms with Crippen LogP contribution in [0.15, 0.2) is 52.2 Å². The van der Waals surface area contributed by atoms with E-state index in [4.69, 9.17) is 4.74 Å². The van der Waals surface area contributed by atoms with E-state index >= 15 is 0 Å². The Morgan fingerprint density at radius 2 is 2.03 bits per heavy atom. The predicted octanol–water partition coefficient (Wildman–Crippen LogP) is 3.35. The Kier molecular flexibility index (Phi) is 6.36. The Morgan fingerprint density at radius 3 is 2.75 bits per heavy atom. The molecular formula is C22H25N3O5S2. The molecule has 0 bridgehead atoms. The van der Waals surface area contributed by atoms with E-state index in [0.29, 0.717) is 23.4 Å². The minimum Gasteiger partial charge on any atom is -0.376 e. The van der Waals surface area contributed by atoms with E-state index in [1.807, 2.05) is 13.8 Å². The van der Waals surface area contributed by atoms with Gasteiger partial charge in [0.25, 0.3) is 15.9 Å². The highest BCUT2D eigenvalue weighted by atomic mass is 32.2. The molecule has 170 valence electrons. The SMILES string of the molecule is CC(C)n1c(=O)sc2cc(S(=O)(=O)Nc3ccccc3C(=O)NC[C@H]3CCCO3)ccc21. The van der Waals surface area contributed by atoms with Crippen molar-refractivity contribution in [2.45, 2.75) is 43.7 Å². The first-order chi connectivity index (χ1) is 15.3. The van der Waals surface area contributed by atoms with Gasteiger partial charge in [0.05, 0.1) is 32.5 Å². The molecule has 0 saturated carbocycles. The molecule has 1 aliphatic heterocycles. The molecule has 1 aliphatic rings. The molecule has 1 saturated heterocycles. The van der Waals surface area contributed by atoms with Gasteiger partial charge in [-0.1, -0.05) is 23.5 Å². The third-order valence-electron chi connectivity index (χ3n) is 5.34. The smallest absolute Gasteiger partial charge is 0.308 e. The van der Waals surface area contributed by atoms with Gasteiger partial charge >= 0.3 is 4.87 Å². The van der Waals surface area contributed by atoms with Crippen molar-refractivity contribution in [3.8, 4) is 0 Å². The summed E-state index contributed by atoms with van der Waals surface area (Å²) in [5, 5.41) is 2.82. The molecule has 2 heterocycles. The quantitative estimate of drug-likeness (QED) is 0.545. The number of sulfonamides is 1. The maximum atomic E-state index is 13.1. The molecule has 10 heteroatoms. The van der Waals surface area contributed by atoms with Crippen molar-refractivity contribution < 1.29 is 17.9 Å². The third kappa shape index (κ3) is 4.57. The molecule has 32 heavy (non-hydrogen) atoms. The van der Waals surface area contributed by atoms with Crippen molar-refractivity contribution in [2.24, 2.45) is 0 Å². The van der Waals surface area contributed by atoms with E-state index < -0.39 is 10.0 Å². The van der Waals surface area contributed by atoms with Crippen LogP contribution in [-0.4, -0.2) is 38.1 Å². The minimum atomic E-state index is -3.97. The van der Waals surface area contributed by atoms with E-state index in [1.54, 1.807) is 34.9 Å². The highest BCUT2D eigenvalue weighted by Crippen LogP contribution is 2.26. The molecule has 1 atom stereocenters. The average Bonchev–Trinajstić information content (AvgIpc) is 3.38. The third-order valence-corrected chi connectivity index (χ3v) is 7.62. The van der Waals surface area contributed by atoms with Crippen LogP contribution in [0.2, 0.25) is 0 Å². The molecule has 1 amide bonds. The van der Waals surface area contributed by atoms with Gasteiger partial charge in [0, 0.05) is 19.2 Å². The fourth-order valence-corrected chi connectivity index (χ4v) is 5.99. The van der Waals surface area contributed by atoms with Gasteiger partial charge in [-0.25, -0.2) is 8.42 Å². The number of carbonyl (C=O) groups is 1. The van der Waals surface area contributed by atoms with Gasteiger partial charge in [-0.3, -0.25) is 18.9 Å². The van der Waals surface area contributed by atoms with Gasteiger partial charge in [-0.05, 0) is 57.0 Å². The van der Waals surface area contributed by atoms with Gasteiger partial charge in [0.15, 0.2) is 0 Å². The number of ether oxygens (including phenoxy) is 1. The molecule has 1 fully saturated rings. The number of nitrogens with one attached hydrogen (secondary N) is 2. The van der Waals surface area contributed by atoms with Crippen molar-refractivity contribution in [3.05, 3.63) is 57.7 Å².